The minimum atomic E-state index is -0.433. The van der Waals surface area contributed by atoms with Crippen LogP contribution in [-0.2, 0) is 0 Å². The first kappa shape index (κ1) is 15.9. The van der Waals surface area contributed by atoms with E-state index in [4.69, 9.17) is 17.0 Å². The lowest BCUT2D eigenvalue weighted by atomic mass is 10.2. The number of hydrogen-bond donors (Lipinski definition) is 3. The van der Waals surface area contributed by atoms with Crippen molar-refractivity contribution in [1.82, 2.24) is 4.98 Å². The van der Waals surface area contributed by atoms with E-state index in [0.29, 0.717) is 16.6 Å². The molecular formula is C16H13FN4O2S. The maximum atomic E-state index is 13.4. The number of thiocarbonyl (C=S) groups is 1. The molecule has 6 nitrogen and oxygen atoms in total. The number of ether oxygens (including phenoxy) is 1. The standard InChI is InChI=1S/C16H13FN4O2S/c1-23-11-5-3-10(4-6-11)18-16(24)21-20-14-12-8-9(17)2-7-13(12)19-15(14)22/h2-8,19,22H,1H3,(H,18,24). The fourth-order valence-electron chi connectivity index (χ4n) is 2.16. The molecule has 0 saturated heterocycles. The molecule has 0 atom stereocenters. The van der Waals surface area contributed by atoms with Gasteiger partial charge in [0, 0.05) is 11.1 Å². The summed E-state index contributed by atoms with van der Waals surface area (Å²) >= 11 is 5.09. The van der Waals surface area contributed by atoms with E-state index in [2.05, 4.69) is 20.5 Å². The maximum Gasteiger partial charge on any atom is 0.218 e. The smallest absolute Gasteiger partial charge is 0.218 e. The fourth-order valence-corrected chi connectivity index (χ4v) is 2.31. The Balaban J connectivity index is 1.78. The van der Waals surface area contributed by atoms with Gasteiger partial charge in [-0.3, -0.25) is 0 Å². The molecule has 0 aliphatic heterocycles. The summed E-state index contributed by atoms with van der Waals surface area (Å²) in [5, 5.41) is 21.1. The molecule has 0 spiro atoms. The maximum absolute atomic E-state index is 13.4. The minimum absolute atomic E-state index is 0.102. The molecule has 1 aromatic heterocycles. The van der Waals surface area contributed by atoms with Crippen LogP contribution in [-0.4, -0.2) is 22.3 Å². The van der Waals surface area contributed by atoms with Crippen molar-refractivity contribution in [3.63, 3.8) is 0 Å². The average molecular weight is 344 g/mol. The molecular weight excluding hydrogens is 331 g/mol. The lowest BCUT2D eigenvalue weighted by molar-refractivity contribution is 0.415. The van der Waals surface area contributed by atoms with Crippen LogP contribution < -0.4 is 10.1 Å². The van der Waals surface area contributed by atoms with Crippen molar-refractivity contribution < 1.29 is 14.2 Å². The molecule has 0 fully saturated rings. The van der Waals surface area contributed by atoms with Crippen molar-refractivity contribution in [2.45, 2.75) is 0 Å². The van der Waals surface area contributed by atoms with E-state index < -0.39 is 5.82 Å². The van der Waals surface area contributed by atoms with Crippen molar-refractivity contribution in [3.8, 4) is 11.6 Å². The van der Waals surface area contributed by atoms with Crippen LogP contribution in [0.25, 0.3) is 10.9 Å². The highest BCUT2D eigenvalue weighted by Crippen LogP contribution is 2.35. The van der Waals surface area contributed by atoms with E-state index in [-0.39, 0.29) is 16.7 Å². The van der Waals surface area contributed by atoms with Gasteiger partial charge in [-0.25, -0.2) is 4.39 Å². The zero-order valence-electron chi connectivity index (χ0n) is 12.6. The summed E-state index contributed by atoms with van der Waals surface area (Å²) in [7, 11) is 1.58. The van der Waals surface area contributed by atoms with E-state index >= 15 is 0 Å². The fraction of sp³-hybridized carbons (Fsp3) is 0.0625. The quantitative estimate of drug-likeness (QED) is 0.482. The summed E-state index contributed by atoms with van der Waals surface area (Å²) in [6, 6.07) is 11.2. The SMILES string of the molecule is COc1ccc(NC(=S)N=Nc2c(O)[nH]c3ccc(F)cc23)cc1. The van der Waals surface area contributed by atoms with Crippen molar-refractivity contribution in [3.05, 3.63) is 48.3 Å². The molecule has 3 rings (SSSR count). The minimum Gasteiger partial charge on any atom is -0.497 e. The van der Waals surface area contributed by atoms with Gasteiger partial charge in [-0.15, -0.1) is 10.2 Å². The van der Waals surface area contributed by atoms with Gasteiger partial charge in [0.2, 0.25) is 11.0 Å². The highest BCUT2D eigenvalue weighted by atomic mass is 32.1. The first-order valence-electron chi connectivity index (χ1n) is 6.94. The van der Waals surface area contributed by atoms with E-state index in [1.807, 2.05) is 0 Å². The summed E-state index contributed by atoms with van der Waals surface area (Å²) < 4.78 is 18.4. The largest absolute Gasteiger partial charge is 0.497 e. The summed E-state index contributed by atoms with van der Waals surface area (Å²) in [5.41, 5.74) is 1.40. The Morgan fingerprint density at radius 3 is 2.71 bits per heavy atom. The van der Waals surface area contributed by atoms with Crippen LogP contribution in [0.2, 0.25) is 0 Å². The molecule has 0 bridgehead atoms. The number of azo groups is 1. The van der Waals surface area contributed by atoms with Crippen LogP contribution in [0.3, 0.4) is 0 Å². The van der Waals surface area contributed by atoms with E-state index in [1.54, 1.807) is 31.4 Å². The Morgan fingerprint density at radius 1 is 1.25 bits per heavy atom. The molecule has 0 saturated carbocycles. The second kappa shape index (κ2) is 6.63. The number of nitrogens with zero attached hydrogens (tertiary/aromatic N) is 2. The summed E-state index contributed by atoms with van der Waals surface area (Å²) in [6.45, 7) is 0. The van der Waals surface area contributed by atoms with E-state index in [0.717, 1.165) is 5.75 Å². The number of rotatable bonds is 3. The summed E-state index contributed by atoms with van der Waals surface area (Å²) in [4.78, 5) is 2.70. The first-order valence-corrected chi connectivity index (χ1v) is 7.34. The predicted octanol–water partition coefficient (Wildman–Crippen LogP) is 4.50. The van der Waals surface area contributed by atoms with Gasteiger partial charge in [0.1, 0.15) is 11.6 Å². The molecule has 0 amide bonds. The Hall–Kier alpha value is -3.00. The Bertz CT molecular complexity index is 922. The van der Waals surface area contributed by atoms with Crippen molar-refractivity contribution in [2.24, 2.45) is 10.2 Å². The van der Waals surface area contributed by atoms with Crippen LogP contribution in [0.4, 0.5) is 15.8 Å². The van der Waals surface area contributed by atoms with Crippen LogP contribution in [0.1, 0.15) is 0 Å². The number of fused-ring (bicyclic) bond motifs is 1. The summed E-state index contributed by atoms with van der Waals surface area (Å²) in [5.74, 6) is 0.0855. The van der Waals surface area contributed by atoms with Crippen LogP contribution >= 0.6 is 12.2 Å². The molecule has 3 N–H and O–H groups in total. The second-order valence-electron chi connectivity index (χ2n) is 4.87. The number of hydrogen-bond acceptors (Lipinski definition) is 4. The third-order valence-corrected chi connectivity index (χ3v) is 3.48. The van der Waals surface area contributed by atoms with Crippen LogP contribution in [0, 0.1) is 5.82 Å². The number of methoxy groups -OCH3 is 1. The van der Waals surface area contributed by atoms with Gasteiger partial charge in [-0.1, -0.05) is 0 Å². The van der Waals surface area contributed by atoms with Gasteiger partial charge >= 0.3 is 0 Å². The van der Waals surface area contributed by atoms with Gasteiger partial charge in [0.05, 0.1) is 12.6 Å². The molecule has 3 aromatic rings. The number of nitrogens with one attached hydrogen (secondary N) is 2. The lowest BCUT2D eigenvalue weighted by Crippen LogP contribution is -2.04. The monoisotopic (exact) mass is 344 g/mol. The number of halogens is 1. The molecule has 0 unspecified atom stereocenters. The Morgan fingerprint density at radius 2 is 2.00 bits per heavy atom. The molecule has 0 aliphatic rings. The first-order chi connectivity index (χ1) is 11.6. The molecule has 2 aromatic carbocycles. The Labute approximate surface area is 142 Å². The summed E-state index contributed by atoms with van der Waals surface area (Å²) in [6.07, 6.45) is 0. The predicted molar refractivity (Wildman–Crippen MR) is 93.7 cm³/mol. The Kier molecular flexibility index (Phi) is 4.39. The van der Waals surface area contributed by atoms with Gasteiger partial charge in [0.15, 0.2) is 5.69 Å². The van der Waals surface area contributed by atoms with Crippen molar-refractivity contribution in [2.75, 3.05) is 12.4 Å². The van der Waals surface area contributed by atoms with Gasteiger partial charge in [0.25, 0.3) is 0 Å². The normalized spacial score (nSPS) is 11.1. The van der Waals surface area contributed by atoms with Crippen molar-refractivity contribution >= 4 is 39.6 Å². The third-order valence-electron chi connectivity index (χ3n) is 3.30. The van der Waals surface area contributed by atoms with E-state index in [1.165, 1.54) is 18.2 Å². The molecule has 1 heterocycles. The highest BCUT2D eigenvalue weighted by molar-refractivity contribution is 7.80. The number of aromatic nitrogens is 1. The number of benzene rings is 2. The number of anilines is 1. The lowest BCUT2D eigenvalue weighted by Gasteiger charge is -2.04. The molecule has 24 heavy (non-hydrogen) atoms. The molecule has 8 heteroatoms. The van der Waals surface area contributed by atoms with Gasteiger partial charge < -0.3 is 20.1 Å². The molecule has 0 aliphatic carbocycles. The number of aromatic amines is 1. The number of aromatic hydroxyl groups is 1. The van der Waals surface area contributed by atoms with Crippen molar-refractivity contribution in [1.29, 1.82) is 0 Å². The van der Waals surface area contributed by atoms with Gasteiger partial charge in [-0.2, -0.15) is 0 Å². The topological polar surface area (TPSA) is 82.0 Å². The van der Waals surface area contributed by atoms with Crippen LogP contribution in [0.15, 0.2) is 52.7 Å². The number of H-pyrrole nitrogens is 1. The average Bonchev–Trinajstić information content (AvgIpc) is 2.88. The van der Waals surface area contributed by atoms with Crippen LogP contribution in [0.5, 0.6) is 11.6 Å². The second-order valence-corrected chi connectivity index (χ2v) is 5.26. The molecule has 122 valence electrons. The third kappa shape index (κ3) is 3.33. The molecule has 0 radical (unpaired) electrons. The zero-order chi connectivity index (χ0) is 17.1. The highest BCUT2D eigenvalue weighted by Gasteiger charge is 2.11. The van der Waals surface area contributed by atoms with Gasteiger partial charge in [-0.05, 0) is 54.7 Å². The zero-order valence-corrected chi connectivity index (χ0v) is 13.4. The van der Waals surface area contributed by atoms with E-state index in [9.17, 15) is 9.50 Å².